The highest BCUT2D eigenvalue weighted by atomic mass is 32.2. The molecule has 0 spiro atoms. The van der Waals surface area contributed by atoms with Crippen molar-refractivity contribution in [2.45, 2.75) is 38.0 Å². The van der Waals surface area contributed by atoms with Crippen molar-refractivity contribution in [1.82, 2.24) is 0 Å². The molecular formula is C17H24O5S. The first-order valence-corrected chi connectivity index (χ1v) is 8.53. The summed E-state index contributed by atoms with van der Waals surface area (Å²) < 4.78 is 10.0. The lowest BCUT2D eigenvalue weighted by Gasteiger charge is -2.19. The van der Waals surface area contributed by atoms with Crippen LogP contribution in [0, 0.1) is 0 Å². The van der Waals surface area contributed by atoms with E-state index < -0.39 is 10.3 Å². The Labute approximate surface area is 141 Å². The molecule has 0 aliphatic carbocycles. The molecule has 0 fully saturated rings. The van der Waals surface area contributed by atoms with E-state index in [0.29, 0.717) is 11.3 Å². The van der Waals surface area contributed by atoms with Gasteiger partial charge in [-0.25, -0.2) is 0 Å². The summed E-state index contributed by atoms with van der Waals surface area (Å²) in [6.45, 7) is 6.90. The summed E-state index contributed by atoms with van der Waals surface area (Å²) >= 11 is 1.43. The number of hydrogen-bond acceptors (Lipinski definition) is 6. The number of ether oxygens (including phenoxy) is 2. The Bertz CT molecular complexity index is 543. The van der Waals surface area contributed by atoms with E-state index >= 15 is 0 Å². The summed E-state index contributed by atoms with van der Waals surface area (Å²) in [7, 11) is 0. The van der Waals surface area contributed by atoms with Crippen LogP contribution < -0.4 is 4.74 Å². The zero-order valence-electron chi connectivity index (χ0n) is 14.2. The van der Waals surface area contributed by atoms with Crippen molar-refractivity contribution in [3.05, 3.63) is 29.8 Å². The molecule has 0 bridgehead atoms. The fraction of sp³-hybridized carbons (Fsp3) is 0.529. The summed E-state index contributed by atoms with van der Waals surface area (Å²) in [5, 5.41) is 9.69. The number of rotatable bonds is 8. The molecule has 1 aromatic rings. The van der Waals surface area contributed by atoms with E-state index in [1.54, 1.807) is 38.1 Å². The molecule has 0 aliphatic heterocycles. The van der Waals surface area contributed by atoms with Crippen LogP contribution >= 0.6 is 11.8 Å². The number of benzene rings is 1. The number of Topliss-reactive ketones (excluding diaryl/α,β-unsaturated/α-hetero) is 1. The summed E-state index contributed by atoms with van der Waals surface area (Å²) in [6.07, 6.45) is 1.86. The molecule has 0 saturated carbocycles. The first kappa shape index (κ1) is 19.5. The van der Waals surface area contributed by atoms with Gasteiger partial charge in [0.1, 0.15) is 29.3 Å². The number of esters is 1. The second kappa shape index (κ2) is 7.84. The molecule has 1 rings (SSSR count). The maximum atomic E-state index is 11.9. The Balaban J connectivity index is 2.46. The van der Waals surface area contributed by atoms with E-state index in [2.05, 4.69) is 0 Å². The second-order valence-electron chi connectivity index (χ2n) is 6.11. The van der Waals surface area contributed by atoms with Gasteiger partial charge in [0.2, 0.25) is 0 Å². The molecule has 0 aromatic heterocycles. The molecule has 23 heavy (non-hydrogen) atoms. The van der Waals surface area contributed by atoms with E-state index in [1.165, 1.54) is 25.6 Å². The van der Waals surface area contributed by atoms with Crippen LogP contribution in [0.2, 0.25) is 0 Å². The maximum Gasteiger partial charge on any atom is 0.321 e. The van der Waals surface area contributed by atoms with Gasteiger partial charge in [0.05, 0.1) is 0 Å². The van der Waals surface area contributed by atoms with Gasteiger partial charge in [-0.2, -0.15) is 0 Å². The number of carbonyl (C=O) groups excluding carboxylic acids is 2. The summed E-state index contributed by atoms with van der Waals surface area (Å²) in [6, 6.07) is 6.48. The van der Waals surface area contributed by atoms with Crippen molar-refractivity contribution in [3.8, 4) is 5.75 Å². The molecule has 6 heteroatoms. The van der Waals surface area contributed by atoms with Crippen LogP contribution in [0.3, 0.4) is 0 Å². The van der Waals surface area contributed by atoms with Gasteiger partial charge < -0.3 is 14.6 Å². The number of thioether (sulfide) groups is 1. The topological polar surface area (TPSA) is 72.8 Å². The van der Waals surface area contributed by atoms with E-state index in [4.69, 9.17) is 9.47 Å². The van der Waals surface area contributed by atoms with Gasteiger partial charge in [-0.15, -0.1) is 11.8 Å². The fourth-order valence-corrected chi connectivity index (χ4v) is 1.83. The summed E-state index contributed by atoms with van der Waals surface area (Å²) in [5.41, 5.74) is -0.987. The maximum absolute atomic E-state index is 11.9. The summed E-state index contributed by atoms with van der Waals surface area (Å²) in [5.74, 6) is -0.0607. The van der Waals surface area contributed by atoms with Crippen molar-refractivity contribution in [2.75, 3.05) is 19.5 Å². The van der Waals surface area contributed by atoms with Crippen molar-refractivity contribution in [1.29, 1.82) is 0 Å². The largest absolute Gasteiger partial charge is 0.490 e. The molecule has 1 aromatic carbocycles. The van der Waals surface area contributed by atoms with Gasteiger partial charge in [0, 0.05) is 5.56 Å². The highest BCUT2D eigenvalue weighted by Crippen LogP contribution is 2.22. The fourth-order valence-electron chi connectivity index (χ4n) is 1.61. The van der Waals surface area contributed by atoms with Crippen molar-refractivity contribution in [2.24, 2.45) is 0 Å². The van der Waals surface area contributed by atoms with Gasteiger partial charge in [-0.3, -0.25) is 9.59 Å². The standard InChI is InChI=1S/C17H24O5S/c1-16(2,20)14(18)12-6-8-13(9-7-12)21-10-11-22-15(19)17(3,4)23-5/h6-9,20H,10-11H2,1-5H3. The SMILES string of the molecule is CSC(C)(C)C(=O)OCCOc1ccc(C(=O)C(C)(C)O)cc1. The lowest BCUT2D eigenvalue weighted by atomic mass is 9.97. The zero-order chi connectivity index (χ0) is 17.7. The van der Waals surface area contributed by atoms with Crippen LogP contribution in [0.15, 0.2) is 24.3 Å². The minimum Gasteiger partial charge on any atom is -0.490 e. The van der Waals surface area contributed by atoms with Gasteiger partial charge >= 0.3 is 5.97 Å². The lowest BCUT2D eigenvalue weighted by molar-refractivity contribution is -0.146. The van der Waals surface area contributed by atoms with Crippen molar-refractivity contribution in [3.63, 3.8) is 0 Å². The Morgan fingerprint density at radius 1 is 1.09 bits per heavy atom. The molecule has 0 unspecified atom stereocenters. The summed E-state index contributed by atoms with van der Waals surface area (Å²) in [4.78, 5) is 23.6. The molecule has 5 nitrogen and oxygen atoms in total. The lowest BCUT2D eigenvalue weighted by Crippen LogP contribution is -2.31. The minimum atomic E-state index is -1.40. The normalized spacial score (nSPS) is 11.9. The first-order chi connectivity index (χ1) is 10.6. The van der Waals surface area contributed by atoms with Gasteiger partial charge in [0.25, 0.3) is 0 Å². The molecule has 128 valence electrons. The third-order valence-corrected chi connectivity index (χ3v) is 4.45. The number of hydrogen-bond donors (Lipinski definition) is 1. The minimum absolute atomic E-state index is 0.160. The molecule has 0 radical (unpaired) electrons. The second-order valence-corrected chi connectivity index (χ2v) is 7.54. The molecule has 0 heterocycles. The molecular weight excluding hydrogens is 316 g/mol. The van der Waals surface area contributed by atoms with Crippen LogP contribution in [-0.2, 0) is 9.53 Å². The molecule has 0 amide bonds. The van der Waals surface area contributed by atoms with Crippen LogP contribution in [-0.4, -0.2) is 46.7 Å². The number of aliphatic hydroxyl groups is 1. The van der Waals surface area contributed by atoms with Crippen LogP contribution in [0.4, 0.5) is 0 Å². The average Bonchev–Trinajstić information content (AvgIpc) is 2.50. The Morgan fingerprint density at radius 2 is 1.65 bits per heavy atom. The number of carbonyl (C=O) groups is 2. The number of ketones is 1. The molecule has 0 saturated heterocycles. The van der Waals surface area contributed by atoms with E-state index in [0.717, 1.165) is 0 Å². The van der Waals surface area contributed by atoms with Gasteiger partial charge in [-0.1, -0.05) is 0 Å². The Hall–Kier alpha value is -1.53. The van der Waals surface area contributed by atoms with E-state index in [1.807, 2.05) is 6.26 Å². The van der Waals surface area contributed by atoms with Crippen molar-refractivity contribution >= 4 is 23.5 Å². The smallest absolute Gasteiger partial charge is 0.321 e. The molecule has 0 atom stereocenters. The van der Waals surface area contributed by atoms with Gasteiger partial charge in [-0.05, 0) is 58.2 Å². The molecule has 0 aliphatic rings. The van der Waals surface area contributed by atoms with Crippen LogP contribution in [0.1, 0.15) is 38.1 Å². The third-order valence-electron chi connectivity index (χ3n) is 3.26. The highest BCUT2D eigenvalue weighted by Gasteiger charge is 2.28. The van der Waals surface area contributed by atoms with Gasteiger partial charge in [0.15, 0.2) is 5.78 Å². The Kier molecular flexibility index (Phi) is 6.65. The monoisotopic (exact) mass is 340 g/mol. The average molecular weight is 340 g/mol. The van der Waals surface area contributed by atoms with Crippen molar-refractivity contribution < 1.29 is 24.2 Å². The predicted molar refractivity (Wildman–Crippen MR) is 91.1 cm³/mol. The Morgan fingerprint density at radius 3 is 2.13 bits per heavy atom. The highest BCUT2D eigenvalue weighted by molar-refractivity contribution is 8.00. The first-order valence-electron chi connectivity index (χ1n) is 7.30. The predicted octanol–water partition coefficient (Wildman–Crippen LogP) is 2.70. The van der Waals surface area contributed by atoms with E-state index in [9.17, 15) is 14.7 Å². The molecule has 1 N–H and O–H groups in total. The zero-order valence-corrected chi connectivity index (χ0v) is 15.0. The quantitative estimate of drug-likeness (QED) is 0.446. The van der Waals surface area contributed by atoms with Crippen LogP contribution in [0.5, 0.6) is 5.75 Å². The van der Waals surface area contributed by atoms with E-state index in [-0.39, 0.29) is 25.0 Å². The third kappa shape index (κ3) is 5.88. The van der Waals surface area contributed by atoms with Crippen LogP contribution in [0.25, 0.3) is 0 Å².